The molecule has 10 nitrogen and oxygen atoms in total. The van der Waals surface area contributed by atoms with Gasteiger partial charge in [0.2, 0.25) is 0 Å². The Morgan fingerprint density at radius 1 is 1.35 bits per heavy atom. The summed E-state index contributed by atoms with van der Waals surface area (Å²) < 4.78 is 54.4. The van der Waals surface area contributed by atoms with E-state index in [1.165, 1.54) is 20.3 Å². The molecule has 184 valence electrons. The molecule has 3 unspecified atom stereocenters. The molecule has 4 rings (SSSR count). The van der Waals surface area contributed by atoms with Crippen molar-refractivity contribution < 1.29 is 27.5 Å². The number of nitrogens with zero attached hydrogens (tertiary/aromatic N) is 4. The van der Waals surface area contributed by atoms with Gasteiger partial charge in [0.25, 0.3) is 0 Å². The summed E-state index contributed by atoms with van der Waals surface area (Å²) in [5.41, 5.74) is -0.345. The minimum atomic E-state index is -4.67. The molecule has 14 heteroatoms. The Morgan fingerprint density at radius 2 is 2.09 bits per heavy atom. The van der Waals surface area contributed by atoms with E-state index in [-0.39, 0.29) is 18.7 Å². The summed E-state index contributed by atoms with van der Waals surface area (Å²) in [5.74, 6) is 0. The lowest BCUT2D eigenvalue weighted by Gasteiger charge is -2.40. The number of amides is 2. The van der Waals surface area contributed by atoms with Gasteiger partial charge in [0.1, 0.15) is 6.17 Å². The zero-order valence-electron chi connectivity index (χ0n) is 18.2. The van der Waals surface area contributed by atoms with Gasteiger partial charge in [-0.3, -0.25) is 4.98 Å². The predicted octanol–water partition coefficient (Wildman–Crippen LogP) is 1.40. The van der Waals surface area contributed by atoms with Crippen molar-refractivity contribution in [3.63, 3.8) is 0 Å². The van der Waals surface area contributed by atoms with Crippen LogP contribution < -0.4 is 15.9 Å². The first kappa shape index (κ1) is 23.6. The van der Waals surface area contributed by atoms with Gasteiger partial charge < -0.3 is 30.1 Å². The summed E-state index contributed by atoms with van der Waals surface area (Å²) in [6.07, 6.45) is -4.50. The van der Waals surface area contributed by atoms with Crippen molar-refractivity contribution >= 4 is 22.9 Å². The number of aromatic nitrogens is 3. The van der Waals surface area contributed by atoms with Gasteiger partial charge in [-0.25, -0.2) is 19.0 Å². The Bertz CT molecular complexity index is 1200. The van der Waals surface area contributed by atoms with Crippen LogP contribution >= 0.6 is 0 Å². The third kappa shape index (κ3) is 4.58. The van der Waals surface area contributed by atoms with Crippen LogP contribution in [0.2, 0.25) is 0 Å². The number of aliphatic hydroxyl groups is 1. The maximum atomic E-state index is 15.1. The topological polar surface area (TPSA) is 121 Å². The number of likely N-dealkylation sites (N-methyl/N-ethyl adjacent to an activating group) is 1. The molecule has 4 N–H and O–H groups in total. The van der Waals surface area contributed by atoms with Crippen LogP contribution in [0.1, 0.15) is 6.42 Å². The van der Waals surface area contributed by atoms with E-state index in [9.17, 15) is 27.9 Å². The lowest BCUT2D eigenvalue weighted by atomic mass is 10.0. The van der Waals surface area contributed by atoms with Gasteiger partial charge in [0.05, 0.1) is 41.3 Å². The van der Waals surface area contributed by atoms with Crippen molar-refractivity contribution in [2.24, 2.45) is 0 Å². The molecule has 34 heavy (non-hydrogen) atoms. The molecule has 1 saturated heterocycles. The number of aromatic amines is 2. The highest BCUT2D eigenvalue weighted by molar-refractivity contribution is 5.77. The van der Waals surface area contributed by atoms with Gasteiger partial charge in [0, 0.05) is 26.8 Å². The highest BCUT2D eigenvalue weighted by atomic mass is 19.4. The minimum Gasteiger partial charge on any atom is -0.368 e. The third-order valence-corrected chi connectivity index (χ3v) is 5.94. The van der Waals surface area contributed by atoms with E-state index in [1.807, 2.05) is 0 Å². The number of alkyl halides is 4. The van der Waals surface area contributed by atoms with Gasteiger partial charge in [0.15, 0.2) is 11.9 Å². The van der Waals surface area contributed by atoms with Crippen molar-refractivity contribution in [2.45, 2.75) is 31.0 Å². The largest absolute Gasteiger partial charge is 0.417 e. The number of piperidine rings is 1. The van der Waals surface area contributed by atoms with Gasteiger partial charge in [-0.1, -0.05) is 0 Å². The highest BCUT2D eigenvalue weighted by Gasteiger charge is 2.38. The molecule has 0 spiro atoms. The second kappa shape index (κ2) is 8.66. The van der Waals surface area contributed by atoms with Crippen LogP contribution in [0.15, 0.2) is 40.6 Å². The number of imidazole rings is 1. The van der Waals surface area contributed by atoms with E-state index < -0.39 is 41.9 Å². The van der Waals surface area contributed by atoms with E-state index in [0.717, 1.165) is 16.0 Å². The number of nitrogens with one attached hydrogen (secondary N) is 3. The number of carbonyl (C=O) groups is 1. The molecule has 2 aromatic rings. The Hall–Kier alpha value is -3.55. The fraction of sp³-hybridized carbons (Fsp3) is 0.450. The van der Waals surface area contributed by atoms with Crippen molar-refractivity contribution in [1.82, 2.24) is 30.1 Å². The second-order valence-corrected chi connectivity index (χ2v) is 8.25. The molecule has 0 aromatic carbocycles. The van der Waals surface area contributed by atoms with Crippen LogP contribution in [0, 0.1) is 0 Å². The third-order valence-electron chi connectivity index (χ3n) is 5.94. The van der Waals surface area contributed by atoms with Gasteiger partial charge >= 0.3 is 17.9 Å². The molecule has 3 atom stereocenters. The average Bonchev–Trinajstić information content (AvgIpc) is 3.14. The number of carbonyl (C=O) groups excluding carboxylic acids is 1. The Kier molecular flexibility index (Phi) is 6.02. The maximum Gasteiger partial charge on any atom is 0.417 e. The first-order valence-corrected chi connectivity index (χ1v) is 10.4. The van der Waals surface area contributed by atoms with Gasteiger partial charge in [-0.05, 0) is 18.6 Å². The van der Waals surface area contributed by atoms with Gasteiger partial charge in [-0.2, -0.15) is 13.2 Å². The molecule has 1 fully saturated rings. The van der Waals surface area contributed by atoms with E-state index >= 15 is 4.39 Å². The smallest absolute Gasteiger partial charge is 0.368 e. The number of anilines is 1. The fourth-order valence-corrected chi connectivity index (χ4v) is 4.05. The molecule has 2 aliphatic rings. The number of rotatable bonds is 3. The first-order chi connectivity index (χ1) is 15.9. The maximum absolute atomic E-state index is 15.1. The number of allylic oxidation sites excluding steroid dienone is 2. The molecule has 0 saturated carbocycles. The molecule has 4 heterocycles. The van der Waals surface area contributed by atoms with Crippen LogP contribution in [-0.2, 0) is 0 Å². The lowest BCUT2D eigenvalue weighted by Crippen LogP contribution is -2.55. The molecule has 0 bridgehead atoms. The summed E-state index contributed by atoms with van der Waals surface area (Å²) in [6, 6.07) is -0.00370. The Balaban J connectivity index is 1.42. The number of pyridine rings is 1. The lowest BCUT2D eigenvalue weighted by molar-refractivity contribution is -0.0911. The van der Waals surface area contributed by atoms with Crippen molar-refractivity contribution in [2.75, 3.05) is 32.1 Å². The number of urea groups is 1. The SMILES string of the molecule is CN1C=C(C(F)(F)F)C=C(NC(=O)N(C)C2CCN(c3cnc4[nH]c(=O)[nH]c4c3)CC2F)C1O. The average molecular weight is 485 g/mol. The van der Waals surface area contributed by atoms with E-state index in [0.29, 0.717) is 29.5 Å². The number of hydrogen-bond acceptors (Lipinski definition) is 6. The summed E-state index contributed by atoms with van der Waals surface area (Å²) in [5, 5.41) is 12.4. The summed E-state index contributed by atoms with van der Waals surface area (Å²) in [4.78, 5) is 37.1. The van der Waals surface area contributed by atoms with Crippen molar-refractivity contribution in [3.8, 4) is 0 Å². The fourth-order valence-electron chi connectivity index (χ4n) is 4.05. The molecular weight excluding hydrogens is 462 g/mol. The number of halogens is 4. The van der Waals surface area contributed by atoms with Gasteiger partial charge in [-0.15, -0.1) is 0 Å². The molecule has 0 radical (unpaired) electrons. The first-order valence-electron chi connectivity index (χ1n) is 10.4. The normalized spacial score (nSPS) is 23.6. The van der Waals surface area contributed by atoms with E-state index in [2.05, 4.69) is 20.3 Å². The number of fused-ring (bicyclic) bond motifs is 1. The zero-order valence-corrected chi connectivity index (χ0v) is 18.2. The van der Waals surface area contributed by atoms with Crippen LogP contribution in [-0.4, -0.2) is 87.7 Å². The predicted molar refractivity (Wildman–Crippen MR) is 115 cm³/mol. The molecule has 2 aromatic heterocycles. The van der Waals surface area contributed by atoms with Crippen LogP contribution in [0.5, 0.6) is 0 Å². The van der Waals surface area contributed by atoms with Crippen LogP contribution in [0.4, 0.5) is 28.0 Å². The summed E-state index contributed by atoms with van der Waals surface area (Å²) in [6.45, 7) is 0.318. The molecule has 2 aliphatic heterocycles. The summed E-state index contributed by atoms with van der Waals surface area (Å²) >= 11 is 0. The number of H-pyrrole nitrogens is 2. The Morgan fingerprint density at radius 3 is 2.76 bits per heavy atom. The quantitative estimate of drug-likeness (QED) is 0.488. The molecule has 0 aliphatic carbocycles. The van der Waals surface area contributed by atoms with Crippen LogP contribution in [0.3, 0.4) is 0 Å². The summed E-state index contributed by atoms with van der Waals surface area (Å²) in [7, 11) is 2.59. The standard InChI is InChI=1S/C20H23F4N7O3/c1-29-8-10(20(22,23)24)5-14(17(29)32)27-19(34)30(2)15-3-4-31(9-12(15)21)11-6-13-16(25-7-11)28-18(33)26-13/h5-8,12,15,17,32H,3-4,9H2,1-2H3,(H,27,34)(H2,25,26,28,33). The van der Waals surface area contributed by atoms with Crippen LogP contribution in [0.25, 0.3) is 11.2 Å². The highest BCUT2D eigenvalue weighted by Crippen LogP contribution is 2.31. The number of hydrogen-bond donors (Lipinski definition) is 4. The monoisotopic (exact) mass is 485 g/mol. The minimum absolute atomic E-state index is 0.0564. The van der Waals surface area contributed by atoms with E-state index in [4.69, 9.17) is 0 Å². The molecular formula is C20H23F4N7O3. The zero-order chi connectivity index (χ0) is 24.8. The van der Waals surface area contributed by atoms with E-state index in [1.54, 1.807) is 11.0 Å². The Labute approximate surface area is 190 Å². The second-order valence-electron chi connectivity index (χ2n) is 8.25. The number of aliphatic hydroxyl groups excluding tert-OH is 1. The van der Waals surface area contributed by atoms with Crippen molar-refractivity contribution in [3.05, 3.63) is 46.3 Å². The molecule has 2 amide bonds. The van der Waals surface area contributed by atoms with Crippen molar-refractivity contribution in [1.29, 1.82) is 0 Å².